The Hall–Kier alpha value is -1.38. The first kappa shape index (κ1) is 13.6. The highest BCUT2D eigenvalue weighted by molar-refractivity contribution is 7.92. The van der Waals surface area contributed by atoms with E-state index >= 15 is 0 Å². The third kappa shape index (κ3) is 3.02. The minimum Gasteiger partial charge on any atom is -0.309 e. The molecule has 2 N–H and O–H groups in total. The van der Waals surface area contributed by atoms with Crippen LogP contribution in [0, 0.1) is 0 Å². The number of rotatable bonds is 6. The number of anilines is 1. The van der Waals surface area contributed by atoms with Crippen LogP contribution in [0.4, 0.5) is 5.82 Å². The van der Waals surface area contributed by atoms with E-state index < -0.39 is 10.0 Å². The molecule has 0 atom stereocenters. The summed E-state index contributed by atoms with van der Waals surface area (Å²) in [5.41, 5.74) is 0. The molecule has 20 heavy (non-hydrogen) atoms. The maximum atomic E-state index is 12.4. The Labute approximate surface area is 121 Å². The molecule has 0 aromatic carbocycles. The van der Waals surface area contributed by atoms with Crippen molar-refractivity contribution < 1.29 is 8.42 Å². The van der Waals surface area contributed by atoms with Crippen molar-refractivity contribution in [3.63, 3.8) is 0 Å². The molecule has 2 aromatic heterocycles. The minimum atomic E-state index is -3.57. The summed E-state index contributed by atoms with van der Waals surface area (Å²) in [6.45, 7) is 0.598. The van der Waals surface area contributed by atoms with Crippen LogP contribution in [0.15, 0.2) is 28.6 Å². The smallest absolute Gasteiger partial charge is 0.264 e. The Kier molecular flexibility index (Phi) is 3.53. The number of nitrogens with one attached hydrogen (secondary N) is 2. The zero-order valence-electron chi connectivity index (χ0n) is 11.0. The molecule has 108 valence electrons. The average molecular weight is 312 g/mol. The summed E-state index contributed by atoms with van der Waals surface area (Å²) in [4.78, 5) is 1.17. The highest BCUT2D eigenvalue weighted by atomic mass is 32.2. The van der Waals surface area contributed by atoms with Crippen molar-refractivity contribution in [3.05, 3.63) is 28.6 Å². The van der Waals surface area contributed by atoms with Crippen molar-refractivity contribution in [1.29, 1.82) is 0 Å². The molecule has 0 unspecified atom stereocenters. The number of nitrogens with zero attached hydrogens (tertiary/aromatic N) is 2. The van der Waals surface area contributed by atoms with Crippen molar-refractivity contribution in [2.45, 2.75) is 30.3 Å². The number of aryl methyl sites for hydroxylation is 1. The molecule has 2 aromatic rings. The van der Waals surface area contributed by atoms with Crippen LogP contribution in [0.3, 0.4) is 0 Å². The highest BCUT2D eigenvalue weighted by Gasteiger charge is 2.24. The van der Waals surface area contributed by atoms with Crippen LogP contribution in [0.5, 0.6) is 0 Å². The summed E-state index contributed by atoms with van der Waals surface area (Å²) < 4.78 is 28.8. The lowest BCUT2D eigenvalue weighted by molar-refractivity contribution is 0.598. The summed E-state index contributed by atoms with van der Waals surface area (Å²) in [5, 5.41) is 9.17. The molecule has 0 saturated heterocycles. The zero-order valence-corrected chi connectivity index (χ0v) is 12.7. The van der Waals surface area contributed by atoms with Crippen molar-refractivity contribution in [1.82, 2.24) is 15.1 Å². The van der Waals surface area contributed by atoms with Crippen molar-refractivity contribution in [3.8, 4) is 0 Å². The number of sulfonamides is 1. The summed E-state index contributed by atoms with van der Waals surface area (Å²) >= 11 is 1.45. The van der Waals surface area contributed by atoms with Crippen LogP contribution in [-0.2, 0) is 23.6 Å². The van der Waals surface area contributed by atoms with E-state index in [1.54, 1.807) is 35.4 Å². The van der Waals surface area contributed by atoms with Crippen molar-refractivity contribution in [2.75, 3.05) is 4.72 Å². The Morgan fingerprint density at radius 2 is 2.25 bits per heavy atom. The Morgan fingerprint density at radius 3 is 2.90 bits per heavy atom. The molecule has 1 aliphatic carbocycles. The fourth-order valence-corrected chi connectivity index (χ4v) is 4.28. The molecule has 1 aliphatic rings. The van der Waals surface area contributed by atoms with Crippen LogP contribution in [-0.4, -0.2) is 24.2 Å². The van der Waals surface area contributed by atoms with Gasteiger partial charge in [0.2, 0.25) is 0 Å². The van der Waals surface area contributed by atoms with E-state index in [0.717, 1.165) is 4.88 Å². The highest BCUT2D eigenvalue weighted by Crippen LogP contribution is 2.26. The topological polar surface area (TPSA) is 76.0 Å². The molecule has 0 radical (unpaired) electrons. The average Bonchev–Trinajstić information content (AvgIpc) is 2.93. The second kappa shape index (κ2) is 5.19. The number of thiophene rings is 1. The van der Waals surface area contributed by atoms with E-state index in [1.165, 1.54) is 24.2 Å². The number of aromatic nitrogens is 2. The molecule has 0 bridgehead atoms. The predicted octanol–water partition coefficient (Wildman–Crippen LogP) is 1.53. The molecular formula is C12H16N4O2S2. The molecule has 2 heterocycles. The van der Waals surface area contributed by atoms with Crippen molar-refractivity contribution >= 4 is 27.2 Å². The zero-order chi connectivity index (χ0) is 14.2. The van der Waals surface area contributed by atoms with E-state index in [1.807, 2.05) is 0 Å². The van der Waals surface area contributed by atoms with Gasteiger partial charge in [0.15, 0.2) is 5.82 Å². The van der Waals surface area contributed by atoms with Gasteiger partial charge in [-0.3, -0.25) is 9.40 Å². The quantitative estimate of drug-likeness (QED) is 0.848. The minimum absolute atomic E-state index is 0.333. The summed E-state index contributed by atoms with van der Waals surface area (Å²) in [6.07, 6.45) is 4.06. The second-order valence-electron chi connectivity index (χ2n) is 4.84. The van der Waals surface area contributed by atoms with Gasteiger partial charge in [-0.25, -0.2) is 8.42 Å². The van der Waals surface area contributed by atoms with Gasteiger partial charge in [-0.05, 0) is 24.3 Å². The largest absolute Gasteiger partial charge is 0.309 e. The van der Waals surface area contributed by atoms with Crippen LogP contribution < -0.4 is 10.0 Å². The summed E-state index contributed by atoms with van der Waals surface area (Å²) in [5.74, 6) is 0.333. The molecular weight excluding hydrogens is 296 g/mol. The van der Waals surface area contributed by atoms with Gasteiger partial charge in [-0.1, -0.05) is 0 Å². The lowest BCUT2D eigenvalue weighted by Crippen LogP contribution is -2.19. The van der Waals surface area contributed by atoms with Crippen LogP contribution >= 0.6 is 11.3 Å². The fraction of sp³-hybridized carbons (Fsp3) is 0.417. The van der Waals surface area contributed by atoms with Crippen LogP contribution in [0.1, 0.15) is 17.7 Å². The van der Waals surface area contributed by atoms with Gasteiger partial charge in [-0.15, -0.1) is 11.3 Å². The molecule has 0 aliphatic heterocycles. The maximum absolute atomic E-state index is 12.4. The first-order valence-electron chi connectivity index (χ1n) is 6.37. The van der Waals surface area contributed by atoms with Crippen molar-refractivity contribution in [2.24, 2.45) is 7.05 Å². The van der Waals surface area contributed by atoms with Gasteiger partial charge in [0.05, 0.1) is 0 Å². The SMILES string of the molecule is Cn1ccc(NS(=O)(=O)c2ccsc2CNC2CC2)n1. The van der Waals surface area contributed by atoms with E-state index in [4.69, 9.17) is 0 Å². The van der Waals surface area contributed by atoms with Gasteiger partial charge >= 0.3 is 0 Å². The first-order chi connectivity index (χ1) is 9.54. The lowest BCUT2D eigenvalue weighted by Gasteiger charge is -2.07. The summed E-state index contributed by atoms with van der Waals surface area (Å²) in [6, 6.07) is 3.82. The number of hydrogen-bond donors (Lipinski definition) is 2. The van der Waals surface area contributed by atoms with E-state index in [9.17, 15) is 8.42 Å². The standard InChI is InChI=1S/C12H16N4O2S2/c1-16-6-4-12(14-16)15-20(17,18)11-5-7-19-10(11)8-13-9-2-3-9/h4-7,9,13H,2-3,8H2,1H3,(H,14,15). The summed E-state index contributed by atoms with van der Waals surface area (Å²) in [7, 11) is -1.83. The maximum Gasteiger partial charge on any atom is 0.264 e. The van der Waals surface area contributed by atoms with Gasteiger partial charge in [0.25, 0.3) is 10.0 Å². The molecule has 1 fully saturated rings. The molecule has 3 rings (SSSR count). The third-order valence-corrected chi connectivity index (χ3v) is 5.56. The second-order valence-corrected chi connectivity index (χ2v) is 7.49. The van der Waals surface area contributed by atoms with Gasteiger partial charge in [-0.2, -0.15) is 5.10 Å². The van der Waals surface area contributed by atoms with E-state index in [0.29, 0.717) is 23.3 Å². The monoisotopic (exact) mass is 312 g/mol. The Balaban J connectivity index is 1.77. The Bertz CT molecular complexity index is 701. The van der Waals surface area contributed by atoms with Gasteiger partial charge in [0.1, 0.15) is 4.90 Å². The van der Waals surface area contributed by atoms with E-state index in [2.05, 4.69) is 15.1 Å². The van der Waals surface area contributed by atoms with E-state index in [-0.39, 0.29) is 0 Å². The molecule has 0 amide bonds. The normalized spacial score (nSPS) is 15.4. The van der Waals surface area contributed by atoms with Gasteiger partial charge < -0.3 is 5.32 Å². The Morgan fingerprint density at radius 1 is 1.45 bits per heavy atom. The molecule has 0 spiro atoms. The molecule has 1 saturated carbocycles. The van der Waals surface area contributed by atoms with Crippen LogP contribution in [0.25, 0.3) is 0 Å². The third-order valence-electron chi connectivity index (χ3n) is 3.08. The molecule has 6 nitrogen and oxygen atoms in total. The van der Waals surface area contributed by atoms with Gasteiger partial charge in [0, 0.05) is 36.8 Å². The predicted molar refractivity (Wildman–Crippen MR) is 78.2 cm³/mol. The lowest BCUT2D eigenvalue weighted by atomic mass is 10.4. The van der Waals surface area contributed by atoms with Crippen LogP contribution in [0.2, 0.25) is 0 Å². The first-order valence-corrected chi connectivity index (χ1v) is 8.73. The molecule has 8 heteroatoms. The number of hydrogen-bond acceptors (Lipinski definition) is 5. The fourth-order valence-electron chi connectivity index (χ4n) is 1.88.